The van der Waals surface area contributed by atoms with Crippen LogP contribution >= 0.6 is 0 Å². The first kappa shape index (κ1) is 14.1. The Balaban J connectivity index is 1.43. The summed E-state index contributed by atoms with van der Waals surface area (Å²) >= 11 is 0. The van der Waals surface area contributed by atoms with Gasteiger partial charge in [0.25, 0.3) is 0 Å². The van der Waals surface area contributed by atoms with Crippen molar-refractivity contribution >= 4 is 5.91 Å². The fourth-order valence-electron chi connectivity index (χ4n) is 4.93. The van der Waals surface area contributed by atoms with E-state index in [1.165, 1.54) is 25.7 Å². The van der Waals surface area contributed by atoms with Crippen molar-refractivity contribution in [2.75, 3.05) is 6.61 Å². The lowest BCUT2D eigenvalue weighted by Gasteiger charge is -2.56. The summed E-state index contributed by atoms with van der Waals surface area (Å²) < 4.78 is 5.95. The van der Waals surface area contributed by atoms with Gasteiger partial charge in [0.2, 0.25) is 5.91 Å². The van der Waals surface area contributed by atoms with Gasteiger partial charge in [-0.3, -0.25) is 4.79 Å². The van der Waals surface area contributed by atoms with Crippen LogP contribution in [-0.4, -0.2) is 29.8 Å². The summed E-state index contributed by atoms with van der Waals surface area (Å²) in [6.07, 6.45) is 6.75. The standard InChI is InChI=1S/C18H23NO3/c20-13-5-3-12(4-6-13)11-15(21)19-16-14-7-10-22-17(14)18(16)8-1-2-9-18/h3-6,14,16-17,20H,1-2,7-11H2,(H,19,21)/t14-,16+,17-/m0/s1. The van der Waals surface area contributed by atoms with Crippen molar-refractivity contribution < 1.29 is 14.6 Å². The number of phenolic OH excluding ortho intramolecular Hbond substituents is 1. The molecule has 1 aliphatic heterocycles. The Hall–Kier alpha value is -1.55. The minimum absolute atomic E-state index is 0.0901. The number of benzene rings is 1. The molecule has 1 aromatic carbocycles. The normalized spacial score (nSPS) is 31.7. The molecule has 2 saturated carbocycles. The molecule has 2 aliphatic carbocycles. The molecule has 1 spiro atoms. The topological polar surface area (TPSA) is 58.6 Å². The summed E-state index contributed by atoms with van der Waals surface area (Å²) in [5, 5.41) is 12.6. The molecular formula is C18H23NO3. The largest absolute Gasteiger partial charge is 0.508 e. The Labute approximate surface area is 130 Å². The molecule has 0 unspecified atom stereocenters. The summed E-state index contributed by atoms with van der Waals surface area (Å²) in [6, 6.07) is 7.17. The maximum atomic E-state index is 12.4. The van der Waals surface area contributed by atoms with Gasteiger partial charge in [0, 0.05) is 24.0 Å². The highest BCUT2D eigenvalue weighted by atomic mass is 16.5. The Bertz CT molecular complexity index is 562. The van der Waals surface area contributed by atoms with Gasteiger partial charge in [-0.05, 0) is 37.0 Å². The molecule has 1 saturated heterocycles. The Morgan fingerprint density at radius 2 is 2.00 bits per heavy atom. The average Bonchev–Trinajstić information content (AvgIpc) is 3.15. The van der Waals surface area contributed by atoms with Crippen LogP contribution in [-0.2, 0) is 16.0 Å². The molecule has 4 nitrogen and oxygen atoms in total. The maximum absolute atomic E-state index is 12.4. The third-order valence-electron chi connectivity index (χ3n) is 5.90. The average molecular weight is 301 g/mol. The van der Waals surface area contributed by atoms with Crippen LogP contribution in [0.4, 0.5) is 0 Å². The van der Waals surface area contributed by atoms with Crippen molar-refractivity contribution in [1.82, 2.24) is 5.32 Å². The maximum Gasteiger partial charge on any atom is 0.224 e. The molecule has 0 radical (unpaired) electrons. The van der Waals surface area contributed by atoms with E-state index in [4.69, 9.17) is 4.74 Å². The highest BCUT2D eigenvalue weighted by molar-refractivity contribution is 5.79. The monoisotopic (exact) mass is 301 g/mol. The second-order valence-corrected chi connectivity index (χ2v) is 7.07. The summed E-state index contributed by atoms with van der Waals surface area (Å²) in [6.45, 7) is 0.849. The van der Waals surface area contributed by atoms with Crippen LogP contribution in [0.25, 0.3) is 0 Å². The van der Waals surface area contributed by atoms with Crippen LogP contribution in [0.3, 0.4) is 0 Å². The van der Waals surface area contributed by atoms with Crippen molar-refractivity contribution in [2.24, 2.45) is 11.3 Å². The van der Waals surface area contributed by atoms with E-state index < -0.39 is 0 Å². The minimum Gasteiger partial charge on any atom is -0.508 e. The van der Waals surface area contributed by atoms with Crippen LogP contribution in [0.5, 0.6) is 5.75 Å². The number of carbonyl (C=O) groups excluding carboxylic acids is 1. The van der Waals surface area contributed by atoms with Crippen LogP contribution in [0.2, 0.25) is 0 Å². The summed E-state index contributed by atoms with van der Waals surface area (Å²) in [7, 11) is 0. The number of amides is 1. The number of hydrogen-bond acceptors (Lipinski definition) is 3. The highest BCUT2D eigenvalue weighted by Crippen LogP contribution is 2.60. The van der Waals surface area contributed by atoms with Gasteiger partial charge in [0.1, 0.15) is 5.75 Å². The van der Waals surface area contributed by atoms with E-state index in [2.05, 4.69) is 5.32 Å². The molecule has 1 amide bonds. The smallest absolute Gasteiger partial charge is 0.224 e. The van der Waals surface area contributed by atoms with E-state index in [1.54, 1.807) is 12.1 Å². The molecule has 22 heavy (non-hydrogen) atoms. The number of phenols is 1. The number of ether oxygens (including phenoxy) is 1. The predicted molar refractivity (Wildman–Crippen MR) is 82.5 cm³/mol. The molecule has 0 aromatic heterocycles. The molecule has 2 N–H and O–H groups in total. The SMILES string of the molecule is O=C(Cc1ccc(O)cc1)N[C@@H]1[C@@H]2CCO[C@@H]2C12CCCC2. The molecular weight excluding hydrogens is 278 g/mol. The fraction of sp³-hybridized carbons (Fsp3) is 0.611. The Morgan fingerprint density at radius 1 is 1.27 bits per heavy atom. The third-order valence-corrected chi connectivity index (χ3v) is 5.90. The van der Waals surface area contributed by atoms with Crippen molar-refractivity contribution in [3.63, 3.8) is 0 Å². The summed E-state index contributed by atoms with van der Waals surface area (Å²) in [5.74, 6) is 0.841. The van der Waals surface area contributed by atoms with E-state index in [9.17, 15) is 9.90 Å². The van der Waals surface area contributed by atoms with Crippen LogP contribution in [0, 0.1) is 11.3 Å². The summed E-state index contributed by atoms with van der Waals surface area (Å²) in [4.78, 5) is 12.4. The lowest BCUT2D eigenvalue weighted by molar-refractivity contribution is -0.145. The Morgan fingerprint density at radius 3 is 2.73 bits per heavy atom. The fourth-order valence-corrected chi connectivity index (χ4v) is 4.93. The number of carbonyl (C=O) groups is 1. The number of nitrogens with one attached hydrogen (secondary N) is 1. The van der Waals surface area contributed by atoms with Crippen LogP contribution in [0.15, 0.2) is 24.3 Å². The molecule has 0 bridgehead atoms. The van der Waals surface area contributed by atoms with Gasteiger partial charge in [0.15, 0.2) is 0 Å². The lowest BCUT2D eigenvalue weighted by atomic mass is 9.54. The highest BCUT2D eigenvalue weighted by Gasteiger charge is 2.65. The second kappa shape index (κ2) is 5.27. The van der Waals surface area contributed by atoms with E-state index in [1.807, 2.05) is 12.1 Å². The second-order valence-electron chi connectivity index (χ2n) is 7.07. The van der Waals surface area contributed by atoms with Crippen molar-refractivity contribution in [2.45, 2.75) is 50.7 Å². The van der Waals surface area contributed by atoms with E-state index in [0.717, 1.165) is 18.6 Å². The lowest BCUT2D eigenvalue weighted by Crippen LogP contribution is -2.68. The van der Waals surface area contributed by atoms with Crippen molar-refractivity contribution in [1.29, 1.82) is 0 Å². The zero-order valence-corrected chi connectivity index (χ0v) is 12.8. The van der Waals surface area contributed by atoms with Crippen LogP contribution in [0.1, 0.15) is 37.7 Å². The van der Waals surface area contributed by atoms with Crippen molar-refractivity contribution in [3.8, 4) is 5.75 Å². The van der Waals surface area contributed by atoms with E-state index in [-0.39, 0.29) is 17.1 Å². The molecule has 118 valence electrons. The molecule has 1 heterocycles. The van der Waals surface area contributed by atoms with Crippen molar-refractivity contribution in [3.05, 3.63) is 29.8 Å². The number of hydrogen-bond donors (Lipinski definition) is 2. The van der Waals surface area contributed by atoms with Gasteiger partial charge in [-0.15, -0.1) is 0 Å². The number of fused-ring (bicyclic) bond motifs is 2. The molecule has 4 heteroatoms. The van der Waals surface area contributed by atoms with Crippen LogP contribution < -0.4 is 5.32 Å². The van der Waals surface area contributed by atoms with Gasteiger partial charge in [-0.1, -0.05) is 25.0 Å². The Kier molecular flexibility index (Phi) is 3.37. The van der Waals surface area contributed by atoms with E-state index in [0.29, 0.717) is 24.5 Å². The van der Waals surface area contributed by atoms with Gasteiger partial charge >= 0.3 is 0 Å². The molecule has 3 fully saturated rings. The molecule has 4 rings (SSSR count). The van der Waals surface area contributed by atoms with Gasteiger partial charge in [-0.2, -0.15) is 0 Å². The first-order chi connectivity index (χ1) is 10.7. The van der Waals surface area contributed by atoms with E-state index >= 15 is 0 Å². The molecule has 3 atom stereocenters. The zero-order valence-electron chi connectivity index (χ0n) is 12.8. The van der Waals surface area contributed by atoms with Gasteiger partial charge in [-0.25, -0.2) is 0 Å². The van der Waals surface area contributed by atoms with Gasteiger partial charge < -0.3 is 15.2 Å². The number of rotatable bonds is 3. The molecule has 3 aliphatic rings. The third kappa shape index (κ3) is 2.12. The minimum atomic E-state index is 0.0901. The zero-order chi connectivity index (χ0) is 15.2. The first-order valence-corrected chi connectivity index (χ1v) is 8.38. The number of aromatic hydroxyl groups is 1. The van der Waals surface area contributed by atoms with Gasteiger partial charge in [0.05, 0.1) is 12.5 Å². The quantitative estimate of drug-likeness (QED) is 0.901. The first-order valence-electron chi connectivity index (χ1n) is 8.38. The summed E-state index contributed by atoms with van der Waals surface area (Å²) in [5.41, 5.74) is 1.15. The molecule has 1 aromatic rings. The predicted octanol–water partition coefficient (Wildman–Crippen LogP) is 2.40.